The summed E-state index contributed by atoms with van der Waals surface area (Å²) in [6.45, 7) is 1.54. The molecule has 6 heteroatoms. The van der Waals surface area contributed by atoms with Gasteiger partial charge in [-0.15, -0.1) is 0 Å². The lowest BCUT2D eigenvalue weighted by atomic mass is 10.2. The molecule has 0 fully saturated rings. The van der Waals surface area contributed by atoms with Crippen molar-refractivity contribution in [2.75, 3.05) is 11.1 Å². The number of aromatic nitrogens is 1. The van der Waals surface area contributed by atoms with Crippen LogP contribution in [0.5, 0.6) is 0 Å². The van der Waals surface area contributed by atoms with Crippen LogP contribution in [-0.4, -0.2) is 25.1 Å². The van der Waals surface area contributed by atoms with Gasteiger partial charge in [0.25, 0.3) is 5.91 Å². The molecule has 2 aromatic rings. The number of hydrogen-bond donors (Lipinski definition) is 1. The Hall–Kier alpha value is -2.21. The summed E-state index contributed by atoms with van der Waals surface area (Å²) in [4.78, 5) is 16.2. The van der Waals surface area contributed by atoms with Gasteiger partial charge in [-0.2, -0.15) is 0 Å². The lowest BCUT2D eigenvalue weighted by Crippen LogP contribution is -2.17. The molecular formula is C14H14N2O3S. The van der Waals surface area contributed by atoms with Crippen LogP contribution < -0.4 is 5.32 Å². The Morgan fingerprint density at radius 2 is 1.85 bits per heavy atom. The molecule has 1 aromatic carbocycles. The highest BCUT2D eigenvalue weighted by Gasteiger charge is 2.20. The Balaban J connectivity index is 2.36. The van der Waals surface area contributed by atoms with Crippen molar-refractivity contribution in [1.29, 1.82) is 0 Å². The minimum Gasteiger partial charge on any atom is -0.307 e. The van der Waals surface area contributed by atoms with E-state index in [1.54, 1.807) is 43.5 Å². The van der Waals surface area contributed by atoms with Gasteiger partial charge in [0.05, 0.1) is 16.2 Å². The smallest absolute Gasteiger partial charge is 0.258 e. The Labute approximate surface area is 117 Å². The highest BCUT2D eigenvalue weighted by molar-refractivity contribution is 7.91. The molecule has 0 bridgehead atoms. The van der Waals surface area contributed by atoms with E-state index in [2.05, 4.69) is 10.3 Å². The zero-order valence-electron chi connectivity index (χ0n) is 10.9. The summed E-state index contributed by atoms with van der Waals surface area (Å²) < 4.78 is 24.0. The number of nitrogens with one attached hydrogen (secondary N) is 1. The third-order valence-electron chi connectivity index (χ3n) is 2.75. The van der Waals surface area contributed by atoms with Crippen molar-refractivity contribution in [3.63, 3.8) is 0 Å². The van der Waals surface area contributed by atoms with Gasteiger partial charge in [0.2, 0.25) is 0 Å². The van der Waals surface area contributed by atoms with Crippen LogP contribution >= 0.6 is 0 Å². The second kappa shape index (κ2) is 5.83. The number of benzene rings is 1. The number of sulfone groups is 1. The number of hydrogen-bond acceptors (Lipinski definition) is 4. The average Bonchev–Trinajstić information content (AvgIpc) is 2.48. The average molecular weight is 290 g/mol. The fourth-order valence-electron chi connectivity index (χ4n) is 1.70. The van der Waals surface area contributed by atoms with Crippen LogP contribution in [0.25, 0.3) is 0 Å². The van der Waals surface area contributed by atoms with Gasteiger partial charge >= 0.3 is 0 Å². The molecule has 0 atom stereocenters. The van der Waals surface area contributed by atoms with Crippen molar-refractivity contribution in [3.8, 4) is 0 Å². The first-order valence-corrected chi connectivity index (χ1v) is 7.74. The molecule has 1 aromatic heterocycles. The van der Waals surface area contributed by atoms with Gasteiger partial charge in [0.1, 0.15) is 5.82 Å². The van der Waals surface area contributed by atoms with E-state index in [9.17, 15) is 13.2 Å². The third kappa shape index (κ3) is 3.03. The molecule has 0 saturated carbocycles. The third-order valence-corrected chi connectivity index (χ3v) is 4.54. The molecule has 0 radical (unpaired) electrons. The van der Waals surface area contributed by atoms with E-state index in [0.29, 0.717) is 5.82 Å². The van der Waals surface area contributed by atoms with E-state index < -0.39 is 15.7 Å². The number of nitrogens with zero attached hydrogens (tertiary/aromatic N) is 1. The molecule has 0 aliphatic carbocycles. The molecule has 104 valence electrons. The van der Waals surface area contributed by atoms with Gasteiger partial charge in [-0.3, -0.25) is 4.79 Å². The number of pyridine rings is 1. The Kier molecular flexibility index (Phi) is 4.14. The van der Waals surface area contributed by atoms with Gasteiger partial charge in [-0.1, -0.05) is 25.1 Å². The van der Waals surface area contributed by atoms with E-state index in [4.69, 9.17) is 0 Å². The summed E-state index contributed by atoms with van der Waals surface area (Å²) in [5, 5.41) is 2.58. The standard InChI is InChI=1S/C14H14N2O3S/c1-2-20(18,19)12-8-4-3-7-11(12)14(17)16-13-9-5-6-10-15-13/h3-10H,2H2,1H3,(H,15,16,17). The number of anilines is 1. The van der Waals surface area contributed by atoms with Crippen LogP contribution in [0.4, 0.5) is 5.82 Å². The topological polar surface area (TPSA) is 76.1 Å². The molecule has 5 nitrogen and oxygen atoms in total. The monoisotopic (exact) mass is 290 g/mol. The Morgan fingerprint density at radius 1 is 1.15 bits per heavy atom. The predicted octanol–water partition coefficient (Wildman–Crippen LogP) is 2.13. The molecule has 0 aliphatic heterocycles. The highest BCUT2D eigenvalue weighted by Crippen LogP contribution is 2.18. The van der Waals surface area contributed by atoms with E-state index in [1.807, 2.05) is 0 Å². The molecule has 1 heterocycles. The van der Waals surface area contributed by atoms with Gasteiger partial charge in [-0.25, -0.2) is 13.4 Å². The number of rotatable bonds is 4. The Bertz CT molecular complexity index is 712. The summed E-state index contributed by atoms with van der Waals surface area (Å²) in [6.07, 6.45) is 1.55. The molecular weight excluding hydrogens is 276 g/mol. The first-order chi connectivity index (χ1) is 9.54. The molecule has 0 spiro atoms. The zero-order valence-corrected chi connectivity index (χ0v) is 11.7. The first kappa shape index (κ1) is 14.2. The zero-order chi connectivity index (χ0) is 14.6. The second-order valence-electron chi connectivity index (χ2n) is 4.07. The molecule has 0 saturated heterocycles. The maximum Gasteiger partial charge on any atom is 0.258 e. The van der Waals surface area contributed by atoms with Gasteiger partial charge in [-0.05, 0) is 24.3 Å². The molecule has 0 aliphatic rings. The number of carbonyl (C=O) groups excluding carboxylic acids is 1. The normalized spacial score (nSPS) is 11.1. The van der Waals surface area contributed by atoms with E-state index in [-0.39, 0.29) is 16.2 Å². The maximum atomic E-state index is 12.2. The Morgan fingerprint density at radius 3 is 2.50 bits per heavy atom. The fourth-order valence-corrected chi connectivity index (χ4v) is 2.79. The van der Waals surface area contributed by atoms with Crippen LogP contribution in [0.2, 0.25) is 0 Å². The number of amides is 1. The van der Waals surface area contributed by atoms with Crippen molar-refractivity contribution in [2.45, 2.75) is 11.8 Å². The van der Waals surface area contributed by atoms with Crippen LogP contribution in [0.1, 0.15) is 17.3 Å². The van der Waals surface area contributed by atoms with Crippen LogP contribution in [0.15, 0.2) is 53.6 Å². The van der Waals surface area contributed by atoms with Gasteiger partial charge < -0.3 is 5.32 Å². The van der Waals surface area contributed by atoms with Crippen molar-refractivity contribution in [3.05, 3.63) is 54.2 Å². The summed E-state index contributed by atoms with van der Waals surface area (Å²) in [6, 6.07) is 11.2. The lowest BCUT2D eigenvalue weighted by molar-refractivity contribution is 0.102. The quantitative estimate of drug-likeness (QED) is 0.935. The summed E-state index contributed by atoms with van der Waals surface area (Å²) in [5.74, 6) is -0.168. The minimum atomic E-state index is -3.45. The molecule has 20 heavy (non-hydrogen) atoms. The van der Waals surface area contributed by atoms with Crippen molar-refractivity contribution in [1.82, 2.24) is 4.98 Å². The first-order valence-electron chi connectivity index (χ1n) is 6.09. The lowest BCUT2D eigenvalue weighted by Gasteiger charge is -2.09. The second-order valence-corrected chi connectivity index (χ2v) is 6.32. The molecule has 1 amide bonds. The summed E-state index contributed by atoms with van der Waals surface area (Å²) >= 11 is 0. The van der Waals surface area contributed by atoms with E-state index >= 15 is 0 Å². The van der Waals surface area contributed by atoms with Crippen LogP contribution in [0.3, 0.4) is 0 Å². The fraction of sp³-hybridized carbons (Fsp3) is 0.143. The van der Waals surface area contributed by atoms with E-state index in [0.717, 1.165) is 0 Å². The van der Waals surface area contributed by atoms with Gasteiger partial charge in [0, 0.05) is 6.20 Å². The SMILES string of the molecule is CCS(=O)(=O)c1ccccc1C(=O)Nc1ccccn1. The largest absolute Gasteiger partial charge is 0.307 e. The van der Waals surface area contributed by atoms with Crippen molar-refractivity contribution in [2.24, 2.45) is 0 Å². The van der Waals surface area contributed by atoms with Crippen LogP contribution in [0, 0.1) is 0 Å². The van der Waals surface area contributed by atoms with Crippen LogP contribution in [-0.2, 0) is 9.84 Å². The highest BCUT2D eigenvalue weighted by atomic mass is 32.2. The van der Waals surface area contributed by atoms with Crippen molar-refractivity contribution >= 4 is 21.6 Å². The molecule has 2 rings (SSSR count). The summed E-state index contributed by atoms with van der Waals surface area (Å²) in [5.41, 5.74) is 0.125. The molecule has 1 N–H and O–H groups in total. The van der Waals surface area contributed by atoms with Crippen molar-refractivity contribution < 1.29 is 13.2 Å². The maximum absolute atomic E-state index is 12.2. The molecule has 0 unspecified atom stereocenters. The predicted molar refractivity (Wildman–Crippen MR) is 76.4 cm³/mol. The minimum absolute atomic E-state index is 0.0379. The summed E-state index contributed by atoms with van der Waals surface area (Å²) in [7, 11) is -3.45. The van der Waals surface area contributed by atoms with Gasteiger partial charge in [0.15, 0.2) is 9.84 Å². The number of carbonyl (C=O) groups is 1. The van der Waals surface area contributed by atoms with E-state index in [1.165, 1.54) is 12.1 Å².